The van der Waals surface area contributed by atoms with E-state index in [9.17, 15) is 0 Å². The molecule has 0 N–H and O–H groups in total. The summed E-state index contributed by atoms with van der Waals surface area (Å²) in [6.45, 7) is 5.76. The van der Waals surface area contributed by atoms with E-state index in [2.05, 4.69) is 29.4 Å². The van der Waals surface area contributed by atoms with Crippen molar-refractivity contribution in [1.82, 2.24) is 0 Å². The second kappa shape index (κ2) is 8.54. The van der Waals surface area contributed by atoms with Gasteiger partial charge in [0.2, 0.25) is 0 Å². The van der Waals surface area contributed by atoms with Crippen molar-refractivity contribution in [2.24, 2.45) is 0 Å². The molecule has 1 aromatic rings. The lowest BCUT2D eigenvalue weighted by atomic mass is 10.2. The highest BCUT2D eigenvalue weighted by Gasteiger charge is 1.75. The largest absolute Gasteiger partial charge is 0.0985 e. The quantitative estimate of drug-likeness (QED) is 0.666. The molecule has 0 aliphatic heterocycles. The molecular weight excluding hydrogens is 212 g/mol. The van der Waals surface area contributed by atoms with E-state index >= 15 is 0 Å². The summed E-state index contributed by atoms with van der Waals surface area (Å²) in [6.07, 6.45) is 3.07. The maximum atomic E-state index is 3.63. The van der Waals surface area contributed by atoms with E-state index in [-0.39, 0.29) is 0 Å². The Morgan fingerprint density at radius 3 is 2.08 bits per heavy atom. The standard InChI is InChI=1S/C8H8.C3H7Br/c1-2-8-6-4-3-5-7-8;1-2-3-4/h2-7H,1H2;2-3H2,1H3. The molecule has 0 radical (unpaired) electrons. The minimum absolute atomic E-state index is 1.13. The number of hydrogen-bond acceptors (Lipinski definition) is 0. The van der Waals surface area contributed by atoms with Gasteiger partial charge in [-0.05, 0) is 12.0 Å². The number of rotatable bonds is 2. The summed E-state index contributed by atoms with van der Waals surface area (Å²) in [5.74, 6) is 0. The first kappa shape index (κ1) is 11.4. The average molecular weight is 227 g/mol. The van der Waals surface area contributed by atoms with Crippen LogP contribution in [0.1, 0.15) is 18.9 Å². The number of benzene rings is 1. The molecule has 0 atom stereocenters. The van der Waals surface area contributed by atoms with Crippen molar-refractivity contribution in [3.63, 3.8) is 0 Å². The van der Waals surface area contributed by atoms with Crippen LogP contribution in [-0.4, -0.2) is 5.33 Å². The minimum atomic E-state index is 1.13. The van der Waals surface area contributed by atoms with Crippen LogP contribution in [0.4, 0.5) is 0 Å². The summed E-state index contributed by atoms with van der Waals surface area (Å²) in [5.41, 5.74) is 1.17. The molecule has 0 aromatic heterocycles. The van der Waals surface area contributed by atoms with E-state index in [0.29, 0.717) is 0 Å². The van der Waals surface area contributed by atoms with Gasteiger partial charge in [-0.1, -0.05) is 65.8 Å². The van der Waals surface area contributed by atoms with E-state index in [1.165, 1.54) is 12.0 Å². The molecular formula is C11H15Br. The monoisotopic (exact) mass is 226 g/mol. The molecule has 12 heavy (non-hydrogen) atoms. The molecule has 0 amide bonds. The van der Waals surface area contributed by atoms with Gasteiger partial charge in [-0.25, -0.2) is 0 Å². The Labute approximate surface area is 83.4 Å². The fourth-order valence-corrected chi connectivity index (χ4v) is 0.589. The number of halogens is 1. The third kappa shape index (κ3) is 6.17. The van der Waals surface area contributed by atoms with Crippen LogP contribution in [0.5, 0.6) is 0 Å². The van der Waals surface area contributed by atoms with Crippen LogP contribution in [0.25, 0.3) is 6.08 Å². The van der Waals surface area contributed by atoms with E-state index in [4.69, 9.17) is 0 Å². The summed E-state index contributed by atoms with van der Waals surface area (Å²) in [4.78, 5) is 0. The van der Waals surface area contributed by atoms with Crippen molar-refractivity contribution in [2.45, 2.75) is 13.3 Å². The average Bonchev–Trinajstić information content (AvgIpc) is 2.19. The summed E-state index contributed by atoms with van der Waals surface area (Å²) in [7, 11) is 0. The second-order valence-corrected chi connectivity index (χ2v) is 3.10. The lowest BCUT2D eigenvalue weighted by Gasteiger charge is -1.85. The summed E-state index contributed by atoms with van der Waals surface area (Å²) in [6, 6.07) is 10.0. The smallest absolute Gasteiger partial charge is 0.00286 e. The van der Waals surface area contributed by atoms with E-state index in [1.54, 1.807) is 0 Å². The van der Waals surface area contributed by atoms with E-state index in [0.717, 1.165) is 5.33 Å². The summed E-state index contributed by atoms with van der Waals surface area (Å²) < 4.78 is 0. The molecule has 0 heterocycles. The van der Waals surface area contributed by atoms with Crippen LogP contribution in [-0.2, 0) is 0 Å². The van der Waals surface area contributed by atoms with Crippen molar-refractivity contribution in [2.75, 3.05) is 5.33 Å². The molecule has 1 heteroatoms. The Bertz CT molecular complexity index is 189. The van der Waals surface area contributed by atoms with Gasteiger partial charge < -0.3 is 0 Å². The highest BCUT2D eigenvalue weighted by molar-refractivity contribution is 9.09. The van der Waals surface area contributed by atoms with Crippen LogP contribution in [0.3, 0.4) is 0 Å². The molecule has 0 nitrogen and oxygen atoms in total. The van der Waals surface area contributed by atoms with Crippen molar-refractivity contribution in [1.29, 1.82) is 0 Å². The first-order chi connectivity index (χ1) is 5.85. The molecule has 1 rings (SSSR count). The zero-order valence-corrected chi connectivity index (χ0v) is 9.05. The van der Waals surface area contributed by atoms with E-state index < -0.39 is 0 Å². The highest BCUT2D eigenvalue weighted by Crippen LogP contribution is 1.97. The van der Waals surface area contributed by atoms with Crippen molar-refractivity contribution in [3.8, 4) is 0 Å². The highest BCUT2D eigenvalue weighted by atomic mass is 79.9. The van der Waals surface area contributed by atoms with Gasteiger partial charge >= 0.3 is 0 Å². The lowest BCUT2D eigenvalue weighted by molar-refractivity contribution is 1.12. The Hall–Kier alpha value is -0.560. The minimum Gasteiger partial charge on any atom is -0.0985 e. The van der Waals surface area contributed by atoms with Gasteiger partial charge in [0.1, 0.15) is 0 Å². The lowest BCUT2D eigenvalue weighted by Crippen LogP contribution is -1.63. The van der Waals surface area contributed by atoms with Gasteiger partial charge in [-0.2, -0.15) is 0 Å². The topological polar surface area (TPSA) is 0 Å². The normalized spacial score (nSPS) is 8.17. The molecule has 0 bridgehead atoms. The molecule has 0 saturated carbocycles. The molecule has 0 fully saturated rings. The zero-order chi connectivity index (χ0) is 9.23. The van der Waals surface area contributed by atoms with Gasteiger partial charge in [0.15, 0.2) is 0 Å². The van der Waals surface area contributed by atoms with Gasteiger partial charge in [0.25, 0.3) is 0 Å². The molecule has 1 aromatic carbocycles. The maximum Gasteiger partial charge on any atom is 0.00286 e. The Morgan fingerprint density at radius 2 is 1.83 bits per heavy atom. The molecule has 66 valence electrons. The summed E-state index contributed by atoms with van der Waals surface area (Å²) in [5, 5.41) is 1.13. The third-order valence-corrected chi connectivity index (χ3v) is 2.02. The molecule has 0 aliphatic carbocycles. The fourth-order valence-electron chi connectivity index (χ4n) is 0.589. The first-order valence-electron chi connectivity index (χ1n) is 4.08. The van der Waals surface area contributed by atoms with Crippen LogP contribution < -0.4 is 0 Å². The van der Waals surface area contributed by atoms with Crippen molar-refractivity contribution >= 4 is 22.0 Å². The Balaban J connectivity index is 0.000000261. The van der Waals surface area contributed by atoms with Crippen LogP contribution in [0.15, 0.2) is 36.9 Å². The maximum absolute atomic E-state index is 3.63. The van der Waals surface area contributed by atoms with Crippen molar-refractivity contribution < 1.29 is 0 Å². The van der Waals surface area contributed by atoms with Gasteiger partial charge in [0, 0.05) is 5.33 Å². The Kier molecular flexibility index (Phi) is 8.14. The summed E-state index contributed by atoms with van der Waals surface area (Å²) >= 11 is 3.25. The van der Waals surface area contributed by atoms with Gasteiger partial charge in [-0.3, -0.25) is 0 Å². The first-order valence-corrected chi connectivity index (χ1v) is 5.20. The molecule has 0 aliphatic rings. The SMILES string of the molecule is C=Cc1ccccc1.CCCBr. The second-order valence-electron chi connectivity index (χ2n) is 2.30. The molecule has 0 spiro atoms. The fraction of sp³-hybridized carbons (Fsp3) is 0.273. The number of hydrogen-bond donors (Lipinski definition) is 0. The van der Waals surface area contributed by atoms with Crippen molar-refractivity contribution in [3.05, 3.63) is 42.5 Å². The predicted molar refractivity (Wildman–Crippen MR) is 60.6 cm³/mol. The van der Waals surface area contributed by atoms with Gasteiger partial charge in [-0.15, -0.1) is 0 Å². The third-order valence-electron chi connectivity index (χ3n) is 1.22. The Morgan fingerprint density at radius 1 is 1.33 bits per heavy atom. The van der Waals surface area contributed by atoms with E-state index in [1.807, 2.05) is 36.4 Å². The van der Waals surface area contributed by atoms with Crippen LogP contribution >= 0.6 is 15.9 Å². The van der Waals surface area contributed by atoms with Crippen LogP contribution in [0.2, 0.25) is 0 Å². The molecule has 0 saturated heterocycles. The molecule has 0 unspecified atom stereocenters. The predicted octanol–water partition coefficient (Wildman–Crippen LogP) is 4.12. The van der Waals surface area contributed by atoms with Crippen LogP contribution in [0, 0.1) is 0 Å². The van der Waals surface area contributed by atoms with Gasteiger partial charge in [0.05, 0.1) is 0 Å². The number of alkyl halides is 1. The zero-order valence-electron chi connectivity index (χ0n) is 7.46.